The van der Waals surface area contributed by atoms with Gasteiger partial charge in [0.05, 0.1) is 19.8 Å². The Morgan fingerprint density at radius 1 is 1.23 bits per heavy atom. The summed E-state index contributed by atoms with van der Waals surface area (Å²) in [6.07, 6.45) is 2.48. The summed E-state index contributed by atoms with van der Waals surface area (Å²) in [6, 6.07) is 7.86. The molecule has 0 spiro atoms. The van der Waals surface area contributed by atoms with E-state index in [1.54, 1.807) is 0 Å². The molecule has 1 aromatic rings. The molecule has 1 saturated heterocycles. The van der Waals surface area contributed by atoms with E-state index in [0.29, 0.717) is 13.0 Å². The van der Waals surface area contributed by atoms with Gasteiger partial charge in [-0.1, -0.05) is 18.2 Å². The lowest BCUT2D eigenvalue weighted by Crippen LogP contribution is -2.37. The molecule has 3 N–H and O–H groups in total. The largest absolute Gasteiger partial charge is 0.493 e. The van der Waals surface area contributed by atoms with E-state index in [1.807, 2.05) is 24.3 Å². The van der Waals surface area contributed by atoms with Crippen LogP contribution in [0.4, 0.5) is 0 Å². The van der Waals surface area contributed by atoms with Crippen LogP contribution in [0, 0.1) is 0 Å². The average Bonchev–Trinajstić information content (AvgIpc) is 2.58. The fourth-order valence-corrected chi connectivity index (χ4v) is 2.68. The molecule has 1 atom stereocenters. The number of nitrogens with two attached hydrogens (primary N) is 1. The molecule has 0 aliphatic carbocycles. The van der Waals surface area contributed by atoms with Crippen molar-refractivity contribution in [2.24, 2.45) is 5.73 Å². The average molecular weight is 308 g/mol. The Balaban J connectivity index is 1.76. The Bertz CT molecular complexity index is 422. The fourth-order valence-electron chi connectivity index (χ4n) is 2.68. The van der Waals surface area contributed by atoms with Crippen molar-refractivity contribution in [1.29, 1.82) is 0 Å². The third-order valence-corrected chi connectivity index (χ3v) is 3.97. The fraction of sp³-hybridized carbons (Fsp3) is 0.647. The number of rotatable bonds is 9. The van der Waals surface area contributed by atoms with E-state index >= 15 is 0 Å². The van der Waals surface area contributed by atoms with E-state index in [1.165, 1.54) is 0 Å². The van der Waals surface area contributed by atoms with Crippen molar-refractivity contribution in [2.45, 2.75) is 25.3 Å². The van der Waals surface area contributed by atoms with Gasteiger partial charge in [-0.3, -0.25) is 4.90 Å². The Hall–Kier alpha value is -1.14. The zero-order chi connectivity index (χ0) is 15.6. The van der Waals surface area contributed by atoms with E-state index in [0.717, 1.165) is 57.0 Å². The van der Waals surface area contributed by atoms with E-state index < -0.39 is 0 Å². The molecular weight excluding hydrogens is 280 g/mol. The summed E-state index contributed by atoms with van der Waals surface area (Å²) in [5.74, 6) is 0.870. The van der Waals surface area contributed by atoms with Gasteiger partial charge in [-0.05, 0) is 25.3 Å². The molecule has 0 bridgehead atoms. The van der Waals surface area contributed by atoms with Gasteiger partial charge < -0.3 is 20.3 Å². The summed E-state index contributed by atoms with van der Waals surface area (Å²) < 4.78 is 11.3. The summed E-state index contributed by atoms with van der Waals surface area (Å²) in [7, 11) is 0. The van der Waals surface area contributed by atoms with E-state index in [4.69, 9.17) is 20.3 Å². The number of para-hydroxylation sites is 1. The van der Waals surface area contributed by atoms with Crippen molar-refractivity contribution in [3.63, 3.8) is 0 Å². The second-order valence-electron chi connectivity index (χ2n) is 5.67. The number of ether oxygens (including phenoxy) is 2. The van der Waals surface area contributed by atoms with Crippen LogP contribution in [0.2, 0.25) is 0 Å². The molecule has 1 aliphatic rings. The lowest BCUT2D eigenvalue weighted by atomic mass is 10.0. The molecule has 0 unspecified atom stereocenters. The van der Waals surface area contributed by atoms with E-state index in [9.17, 15) is 0 Å². The first-order valence-electron chi connectivity index (χ1n) is 8.19. The molecule has 1 heterocycles. The van der Waals surface area contributed by atoms with Crippen molar-refractivity contribution >= 4 is 0 Å². The van der Waals surface area contributed by atoms with Crippen molar-refractivity contribution in [3.05, 3.63) is 29.8 Å². The standard InChI is InChI=1S/C17H28N2O3/c18-16(6-3-11-20)15-5-1-2-7-17(15)22-12-4-8-19-9-13-21-14-10-19/h1-2,5,7,16,20H,3-4,6,8-14,18H2/t16-/m1/s1. The van der Waals surface area contributed by atoms with Gasteiger partial charge in [0.2, 0.25) is 0 Å². The maximum atomic E-state index is 8.93. The van der Waals surface area contributed by atoms with Gasteiger partial charge in [0.25, 0.3) is 0 Å². The van der Waals surface area contributed by atoms with Gasteiger partial charge in [0.15, 0.2) is 0 Å². The first kappa shape index (κ1) is 17.2. The lowest BCUT2D eigenvalue weighted by molar-refractivity contribution is 0.0357. The quantitative estimate of drug-likeness (QED) is 0.678. The highest BCUT2D eigenvalue weighted by Gasteiger charge is 2.12. The monoisotopic (exact) mass is 308 g/mol. The van der Waals surface area contributed by atoms with Crippen LogP contribution in [0.1, 0.15) is 30.9 Å². The summed E-state index contributed by atoms with van der Waals surface area (Å²) in [4.78, 5) is 2.41. The zero-order valence-corrected chi connectivity index (χ0v) is 13.2. The highest BCUT2D eigenvalue weighted by atomic mass is 16.5. The molecule has 124 valence electrons. The van der Waals surface area contributed by atoms with Crippen molar-refractivity contribution < 1.29 is 14.6 Å². The molecule has 0 saturated carbocycles. The maximum absolute atomic E-state index is 8.93. The minimum atomic E-state index is -0.0809. The molecule has 5 heteroatoms. The highest BCUT2D eigenvalue weighted by Crippen LogP contribution is 2.26. The van der Waals surface area contributed by atoms with Gasteiger partial charge in [-0.25, -0.2) is 0 Å². The molecule has 5 nitrogen and oxygen atoms in total. The van der Waals surface area contributed by atoms with Gasteiger partial charge in [0, 0.05) is 37.8 Å². The molecular formula is C17H28N2O3. The van der Waals surface area contributed by atoms with Crippen molar-refractivity contribution in [1.82, 2.24) is 4.90 Å². The summed E-state index contributed by atoms with van der Waals surface area (Å²) in [6.45, 7) is 5.62. The van der Waals surface area contributed by atoms with Crippen LogP contribution in [0.15, 0.2) is 24.3 Å². The molecule has 0 aromatic heterocycles. The Morgan fingerprint density at radius 2 is 2.00 bits per heavy atom. The number of hydrogen-bond donors (Lipinski definition) is 2. The topological polar surface area (TPSA) is 68.0 Å². The maximum Gasteiger partial charge on any atom is 0.124 e. The molecule has 22 heavy (non-hydrogen) atoms. The van der Waals surface area contributed by atoms with Crippen LogP contribution >= 0.6 is 0 Å². The molecule has 0 amide bonds. The molecule has 1 fully saturated rings. The van der Waals surface area contributed by atoms with Crippen molar-refractivity contribution in [2.75, 3.05) is 46.1 Å². The lowest BCUT2D eigenvalue weighted by Gasteiger charge is -2.26. The summed E-state index contributed by atoms with van der Waals surface area (Å²) >= 11 is 0. The first-order chi connectivity index (χ1) is 10.8. The SMILES string of the molecule is N[C@H](CCCO)c1ccccc1OCCCN1CCOCC1. The smallest absolute Gasteiger partial charge is 0.124 e. The van der Waals surface area contributed by atoms with Gasteiger partial charge >= 0.3 is 0 Å². The van der Waals surface area contributed by atoms with Crippen molar-refractivity contribution in [3.8, 4) is 5.75 Å². The van der Waals surface area contributed by atoms with Gasteiger partial charge in [-0.2, -0.15) is 0 Å². The summed E-state index contributed by atoms with van der Waals surface area (Å²) in [5.41, 5.74) is 7.22. The van der Waals surface area contributed by atoms with Crippen LogP contribution in [0.5, 0.6) is 5.75 Å². The number of aliphatic hydroxyl groups is 1. The number of benzene rings is 1. The predicted molar refractivity (Wildman–Crippen MR) is 87.1 cm³/mol. The third-order valence-electron chi connectivity index (χ3n) is 3.97. The normalized spacial score (nSPS) is 17.4. The minimum absolute atomic E-state index is 0.0809. The molecule has 1 aromatic carbocycles. The number of aliphatic hydroxyl groups excluding tert-OH is 1. The molecule has 1 aliphatic heterocycles. The highest BCUT2D eigenvalue weighted by molar-refractivity contribution is 5.35. The Labute approximate surface area is 133 Å². The van der Waals surface area contributed by atoms with Crippen LogP contribution in [-0.2, 0) is 4.74 Å². The van der Waals surface area contributed by atoms with Gasteiger partial charge in [-0.15, -0.1) is 0 Å². The second kappa shape index (κ2) is 9.79. The second-order valence-corrected chi connectivity index (χ2v) is 5.67. The third kappa shape index (κ3) is 5.57. The van der Waals surface area contributed by atoms with Gasteiger partial charge in [0.1, 0.15) is 5.75 Å². The van der Waals surface area contributed by atoms with Crippen LogP contribution in [0.25, 0.3) is 0 Å². The number of morpholine rings is 1. The minimum Gasteiger partial charge on any atom is -0.493 e. The van der Waals surface area contributed by atoms with E-state index in [2.05, 4.69) is 4.90 Å². The Kier molecular flexibility index (Phi) is 7.66. The zero-order valence-electron chi connectivity index (χ0n) is 13.2. The predicted octanol–water partition coefficient (Wildman–Crippen LogP) is 1.56. The molecule has 2 rings (SSSR count). The van der Waals surface area contributed by atoms with Crippen LogP contribution < -0.4 is 10.5 Å². The first-order valence-corrected chi connectivity index (χ1v) is 8.19. The molecule has 0 radical (unpaired) electrons. The Morgan fingerprint density at radius 3 is 2.77 bits per heavy atom. The number of hydrogen-bond acceptors (Lipinski definition) is 5. The van der Waals surface area contributed by atoms with Crippen LogP contribution in [0.3, 0.4) is 0 Å². The van der Waals surface area contributed by atoms with Crippen LogP contribution in [-0.4, -0.2) is 56.1 Å². The number of nitrogens with zero attached hydrogens (tertiary/aromatic N) is 1. The summed E-state index contributed by atoms with van der Waals surface area (Å²) in [5, 5.41) is 8.93. The van der Waals surface area contributed by atoms with E-state index in [-0.39, 0.29) is 12.6 Å².